The number of fused-ring (bicyclic) bond motifs is 1. The van der Waals surface area contributed by atoms with E-state index in [1.165, 1.54) is 0 Å². The van der Waals surface area contributed by atoms with Crippen LogP contribution in [0.15, 0.2) is 55.3 Å². The molecule has 3 heterocycles. The van der Waals surface area contributed by atoms with Crippen molar-refractivity contribution in [3.05, 3.63) is 35.9 Å². The van der Waals surface area contributed by atoms with Gasteiger partial charge in [0, 0.05) is 18.7 Å². The maximum absolute atomic E-state index is 13.1. The summed E-state index contributed by atoms with van der Waals surface area (Å²) in [4.78, 5) is 11.3. The second-order valence-electron chi connectivity index (χ2n) is 7.16. The van der Waals surface area contributed by atoms with Gasteiger partial charge in [0.25, 0.3) is 0 Å². The highest BCUT2D eigenvalue weighted by atomic mass is 32.2. The number of primary sulfonamides is 1. The van der Waals surface area contributed by atoms with Gasteiger partial charge in [0.1, 0.15) is 4.90 Å². The minimum atomic E-state index is -4.27. The number of azo groups is 1. The zero-order valence-corrected chi connectivity index (χ0v) is 17.7. The Balaban J connectivity index is 1.80. The minimum Gasteiger partial charge on any atom is -0.369 e. The topological polar surface area (TPSA) is 181 Å². The van der Waals surface area contributed by atoms with Gasteiger partial charge in [0.2, 0.25) is 10.0 Å². The fraction of sp³-hybridized carbons (Fsp3) is 0.222. The largest absolute Gasteiger partial charge is 0.369 e. The molecule has 1 fully saturated rings. The van der Waals surface area contributed by atoms with Crippen LogP contribution in [-0.2, 0) is 20.8 Å². The maximum Gasteiger partial charge on any atom is 0.240 e. The summed E-state index contributed by atoms with van der Waals surface area (Å²) in [5.41, 5.74) is 8.47. The number of nitrogens with zero attached hydrogens (tertiary/aromatic N) is 4. The molecule has 6 N–H and O–H groups in total. The molecule has 3 aromatic rings. The second-order valence-corrected chi connectivity index (χ2v) is 10.4. The van der Waals surface area contributed by atoms with Crippen molar-refractivity contribution in [2.45, 2.75) is 15.0 Å². The monoisotopic (exact) mass is 458 g/mol. The fourth-order valence-corrected chi connectivity index (χ4v) is 6.43. The van der Waals surface area contributed by atoms with Gasteiger partial charge < -0.3 is 16.0 Å². The van der Waals surface area contributed by atoms with Crippen molar-refractivity contribution in [1.29, 1.82) is 0 Å². The quantitative estimate of drug-likeness (QED) is 0.437. The lowest BCUT2D eigenvalue weighted by Gasteiger charge is -2.27. The van der Waals surface area contributed by atoms with E-state index in [1.54, 1.807) is 30.3 Å². The first kappa shape index (κ1) is 19.9. The molecule has 0 saturated carbocycles. The number of aromatic amines is 1. The summed E-state index contributed by atoms with van der Waals surface area (Å²) in [6, 6.07) is 8.60. The number of hydrogen-bond donors (Lipinski definition) is 4. The zero-order chi connectivity index (χ0) is 21.8. The molecular formula is C18H18N8O3S2. The lowest BCUT2D eigenvalue weighted by Crippen LogP contribution is -2.49. The highest BCUT2D eigenvalue weighted by Crippen LogP contribution is 2.36. The highest BCUT2D eigenvalue weighted by Gasteiger charge is 2.33. The Morgan fingerprint density at radius 2 is 1.97 bits per heavy atom. The van der Waals surface area contributed by atoms with Crippen LogP contribution in [0.25, 0.3) is 22.2 Å². The third-order valence-corrected chi connectivity index (χ3v) is 7.99. The number of rotatable bonds is 5. The van der Waals surface area contributed by atoms with Crippen molar-refractivity contribution in [3.63, 3.8) is 0 Å². The number of nitrogens with two attached hydrogens (primary N) is 2. The molecular weight excluding hydrogens is 440 g/mol. The third kappa shape index (κ3) is 3.44. The SMILES string of the molecule is Nc1nc2ccc(-c3ccc(S(=O)C4CNC4)c(S(N)(=O)=O)c3C3=NCN=N3)cc2[nH]1. The third-order valence-electron chi connectivity index (χ3n) is 5.15. The van der Waals surface area contributed by atoms with Crippen LogP contribution in [0.1, 0.15) is 5.56 Å². The van der Waals surface area contributed by atoms with Crippen LogP contribution in [0.4, 0.5) is 5.95 Å². The summed E-state index contributed by atoms with van der Waals surface area (Å²) >= 11 is 0. The van der Waals surface area contributed by atoms with Crippen LogP contribution < -0.4 is 16.2 Å². The van der Waals surface area contributed by atoms with Crippen LogP contribution in [0, 0.1) is 0 Å². The van der Waals surface area contributed by atoms with Gasteiger partial charge in [-0.15, -0.1) is 5.11 Å². The van der Waals surface area contributed by atoms with E-state index in [0.717, 1.165) is 0 Å². The molecule has 1 atom stereocenters. The molecule has 1 unspecified atom stereocenters. The molecule has 0 spiro atoms. The molecule has 11 nitrogen and oxygen atoms in total. The van der Waals surface area contributed by atoms with E-state index in [0.29, 0.717) is 35.2 Å². The number of benzene rings is 2. The van der Waals surface area contributed by atoms with E-state index in [2.05, 4.69) is 30.5 Å². The standard InChI is InChI=1S/C18H18N8O3S2/c19-18-24-12-3-1-9(5-13(12)25-18)11-2-4-14(30(27)10-6-21-7-10)16(31(20,28)29)15(11)17-22-8-23-26-17/h1-5,10,21H,6-8H2,(H3,19,24,25)(H2,20,28,29). The van der Waals surface area contributed by atoms with Crippen molar-refractivity contribution >= 4 is 43.6 Å². The number of aliphatic imine (C=N–C) groups is 1. The average molecular weight is 459 g/mol. The first-order valence-corrected chi connectivity index (χ1v) is 12.1. The predicted molar refractivity (Wildman–Crippen MR) is 117 cm³/mol. The van der Waals surface area contributed by atoms with E-state index in [4.69, 9.17) is 10.9 Å². The number of hydrogen-bond acceptors (Lipinski definition) is 9. The van der Waals surface area contributed by atoms with Gasteiger partial charge >= 0.3 is 0 Å². The van der Waals surface area contributed by atoms with Gasteiger partial charge in [0.05, 0.1) is 32.0 Å². The molecule has 5 rings (SSSR count). The maximum atomic E-state index is 13.1. The Morgan fingerprint density at radius 1 is 1.16 bits per heavy atom. The summed E-state index contributed by atoms with van der Waals surface area (Å²) in [7, 11) is -5.84. The van der Waals surface area contributed by atoms with Crippen LogP contribution in [-0.4, -0.2) is 53.4 Å². The predicted octanol–water partition coefficient (Wildman–Crippen LogP) is 0.709. The van der Waals surface area contributed by atoms with Crippen molar-refractivity contribution in [2.75, 3.05) is 25.5 Å². The molecule has 160 valence electrons. The van der Waals surface area contributed by atoms with Crippen LogP contribution >= 0.6 is 0 Å². The van der Waals surface area contributed by atoms with Crippen LogP contribution in [0.3, 0.4) is 0 Å². The Labute approximate surface area is 179 Å². The molecule has 2 aromatic carbocycles. The number of H-pyrrole nitrogens is 1. The Hall–Kier alpha value is -3.00. The van der Waals surface area contributed by atoms with Crippen molar-refractivity contribution in [1.82, 2.24) is 15.3 Å². The number of nitrogens with one attached hydrogen (secondary N) is 2. The Kier molecular flexibility index (Phi) is 4.69. The Bertz CT molecular complexity index is 1410. The smallest absolute Gasteiger partial charge is 0.240 e. The lowest BCUT2D eigenvalue weighted by molar-refractivity contribution is 0.525. The summed E-state index contributed by atoms with van der Waals surface area (Å²) in [6.07, 6.45) is 0. The molecule has 31 heavy (non-hydrogen) atoms. The van der Waals surface area contributed by atoms with Crippen LogP contribution in [0.2, 0.25) is 0 Å². The lowest BCUT2D eigenvalue weighted by atomic mass is 9.98. The summed E-state index contributed by atoms with van der Waals surface area (Å²) in [5, 5.41) is 16.3. The Morgan fingerprint density at radius 3 is 2.61 bits per heavy atom. The number of sulfonamides is 1. The number of imidazole rings is 1. The van der Waals surface area contributed by atoms with Crippen molar-refractivity contribution < 1.29 is 12.6 Å². The van der Waals surface area contributed by atoms with Gasteiger partial charge in [-0.2, -0.15) is 5.11 Å². The molecule has 2 aliphatic rings. The number of nitrogen functional groups attached to an aromatic ring is 1. The van der Waals surface area contributed by atoms with E-state index >= 15 is 0 Å². The molecule has 0 aliphatic carbocycles. The van der Waals surface area contributed by atoms with E-state index in [-0.39, 0.29) is 39.1 Å². The first-order chi connectivity index (χ1) is 14.8. The second kappa shape index (κ2) is 7.30. The molecule has 0 radical (unpaired) electrons. The number of anilines is 1. The van der Waals surface area contributed by atoms with E-state index in [9.17, 15) is 12.6 Å². The molecule has 0 amide bonds. The number of amidine groups is 1. The van der Waals surface area contributed by atoms with Crippen molar-refractivity contribution in [3.8, 4) is 11.1 Å². The normalized spacial score (nSPS) is 17.6. The van der Waals surface area contributed by atoms with Crippen LogP contribution in [0.5, 0.6) is 0 Å². The van der Waals surface area contributed by atoms with Gasteiger partial charge in [-0.3, -0.25) is 4.21 Å². The molecule has 13 heteroatoms. The van der Waals surface area contributed by atoms with E-state index < -0.39 is 20.8 Å². The minimum absolute atomic E-state index is 0.0782. The summed E-state index contributed by atoms with van der Waals surface area (Å²) in [5.74, 6) is 0.403. The first-order valence-electron chi connectivity index (χ1n) is 9.32. The highest BCUT2D eigenvalue weighted by molar-refractivity contribution is 7.91. The molecule has 2 aliphatic heterocycles. The summed E-state index contributed by atoms with van der Waals surface area (Å²) < 4.78 is 38.6. The molecule has 0 bridgehead atoms. The van der Waals surface area contributed by atoms with Gasteiger partial charge in [0.15, 0.2) is 18.5 Å². The van der Waals surface area contributed by atoms with Crippen molar-refractivity contribution in [2.24, 2.45) is 20.4 Å². The molecule has 1 saturated heterocycles. The van der Waals surface area contributed by atoms with E-state index in [1.807, 2.05) is 0 Å². The van der Waals surface area contributed by atoms with Gasteiger partial charge in [-0.05, 0) is 29.3 Å². The summed E-state index contributed by atoms with van der Waals surface area (Å²) in [6.45, 7) is 1.15. The van der Waals surface area contributed by atoms with Gasteiger partial charge in [-0.1, -0.05) is 12.1 Å². The number of aromatic nitrogens is 2. The average Bonchev–Trinajstić information content (AvgIpc) is 3.32. The molecule has 1 aromatic heterocycles. The fourth-order valence-electron chi connectivity index (χ4n) is 3.61. The zero-order valence-electron chi connectivity index (χ0n) is 16.1. The van der Waals surface area contributed by atoms with Gasteiger partial charge in [-0.25, -0.2) is 23.5 Å².